The van der Waals surface area contributed by atoms with Crippen molar-refractivity contribution in [3.63, 3.8) is 0 Å². The van der Waals surface area contributed by atoms with Crippen LogP contribution in [0.4, 0.5) is 5.82 Å². The van der Waals surface area contributed by atoms with Crippen molar-refractivity contribution in [3.05, 3.63) is 35.2 Å². The van der Waals surface area contributed by atoms with Gasteiger partial charge < -0.3 is 15.0 Å². The number of amides is 1. The summed E-state index contributed by atoms with van der Waals surface area (Å²) in [5.74, 6) is 1.45. The molecule has 7 heteroatoms. The third kappa shape index (κ3) is 3.85. The first kappa shape index (κ1) is 18.8. The summed E-state index contributed by atoms with van der Waals surface area (Å²) in [7, 11) is 1.92. The Kier molecular flexibility index (Phi) is 5.02. The van der Waals surface area contributed by atoms with Crippen molar-refractivity contribution in [3.8, 4) is 11.5 Å². The zero-order valence-electron chi connectivity index (χ0n) is 16.8. The molecule has 1 fully saturated rings. The lowest BCUT2D eigenvalue weighted by atomic mass is 10.0. The molecule has 2 aromatic heterocycles. The van der Waals surface area contributed by atoms with Crippen molar-refractivity contribution in [1.29, 1.82) is 0 Å². The molecule has 0 saturated carbocycles. The predicted molar refractivity (Wildman–Crippen MR) is 107 cm³/mol. The Labute approximate surface area is 165 Å². The lowest BCUT2D eigenvalue weighted by Crippen LogP contribution is -2.49. The molecule has 0 aromatic carbocycles. The summed E-state index contributed by atoms with van der Waals surface area (Å²) in [6, 6.07) is 3.95. The number of fused-ring (bicyclic) bond motifs is 1. The molecule has 1 N–H and O–H groups in total. The van der Waals surface area contributed by atoms with Crippen LogP contribution in [0, 0.1) is 6.92 Å². The molecule has 3 heterocycles. The van der Waals surface area contributed by atoms with Gasteiger partial charge >= 0.3 is 0 Å². The van der Waals surface area contributed by atoms with Crippen molar-refractivity contribution >= 4 is 11.7 Å². The third-order valence-electron chi connectivity index (χ3n) is 5.46. The van der Waals surface area contributed by atoms with Crippen LogP contribution in [-0.2, 0) is 22.4 Å². The van der Waals surface area contributed by atoms with E-state index in [-0.39, 0.29) is 18.0 Å². The Morgan fingerprint density at radius 1 is 1.36 bits per heavy atom. The summed E-state index contributed by atoms with van der Waals surface area (Å²) in [4.78, 5) is 28.6. The Morgan fingerprint density at radius 3 is 2.96 bits per heavy atom. The molecule has 7 nitrogen and oxygen atoms in total. The van der Waals surface area contributed by atoms with Crippen LogP contribution in [0.2, 0.25) is 0 Å². The Balaban J connectivity index is 1.58. The number of carbonyl (C=O) groups excluding carboxylic acids is 1. The van der Waals surface area contributed by atoms with Crippen LogP contribution < -0.4 is 10.2 Å². The second-order valence-corrected chi connectivity index (χ2v) is 8.14. The molecule has 2 aromatic rings. The van der Waals surface area contributed by atoms with E-state index < -0.39 is 0 Å². The number of aromatic nitrogens is 3. The number of rotatable bonds is 5. The molecule has 0 spiro atoms. The van der Waals surface area contributed by atoms with E-state index in [1.165, 1.54) is 0 Å². The molecule has 1 aliphatic heterocycles. The zero-order valence-corrected chi connectivity index (χ0v) is 16.8. The SMILES string of the molecule is Cc1ccnc(-c2nc3c(c(N(C)CC(=O)NC4(C)CCOC4)n2)CCC3)c1. The third-order valence-corrected chi connectivity index (χ3v) is 5.46. The summed E-state index contributed by atoms with van der Waals surface area (Å²) < 4.78 is 5.43. The smallest absolute Gasteiger partial charge is 0.240 e. The van der Waals surface area contributed by atoms with Gasteiger partial charge in [-0.15, -0.1) is 0 Å². The molecule has 1 atom stereocenters. The van der Waals surface area contributed by atoms with Crippen LogP contribution >= 0.6 is 0 Å². The average molecular weight is 381 g/mol. The molecule has 2 aliphatic rings. The first-order chi connectivity index (χ1) is 13.4. The van der Waals surface area contributed by atoms with E-state index in [0.717, 1.165) is 54.0 Å². The fourth-order valence-electron chi connectivity index (χ4n) is 3.93. The molecule has 28 heavy (non-hydrogen) atoms. The lowest BCUT2D eigenvalue weighted by Gasteiger charge is -2.26. The minimum Gasteiger partial charge on any atom is -0.379 e. The maximum Gasteiger partial charge on any atom is 0.240 e. The zero-order chi connectivity index (χ0) is 19.7. The Bertz CT molecular complexity index is 892. The van der Waals surface area contributed by atoms with Gasteiger partial charge in [-0.2, -0.15) is 0 Å². The summed E-state index contributed by atoms with van der Waals surface area (Å²) in [5.41, 5.74) is 3.84. The largest absolute Gasteiger partial charge is 0.379 e. The van der Waals surface area contributed by atoms with E-state index in [4.69, 9.17) is 14.7 Å². The molecular formula is C21H27N5O2. The number of hydrogen-bond donors (Lipinski definition) is 1. The van der Waals surface area contributed by atoms with Gasteiger partial charge in [0, 0.05) is 31.1 Å². The lowest BCUT2D eigenvalue weighted by molar-refractivity contribution is -0.121. The first-order valence-electron chi connectivity index (χ1n) is 9.86. The first-order valence-corrected chi connectivity index (χ1v) is 9.86. The molecule has 0 radical (unpaired) electrons. The van der Waals surface area contributed by atoms with Crippen LogP contribution in [0.25, 0.3) is 11.5 Å². The van der Waals surface area contributed by atoms with Gasteiger partial charge in [0.05, 0.1) is 18.7 Å². The van der Waals surface area contributed by atoms with Crippen molar-refractivity contribution < 1.29 is 9.53 Å². The van der Waals surface area contributed by atoms with E-state index in [1.807, 2.05) is 37.9 Å². The highest BCUT2D eigenvalue weighted by Crippen LogP contribution is 2.30. The number of carbonyl (C=O) groups is 1. The van der Waals surface area contributed by atoms with Gasteiger partial charge in [0.15, 0.2) is 5.82 Å². The Hall–Kier alpha value is -2.54. The number of ether oxygens (including phenoxy) is 1. The summed E-state index contributed by atoms with van der Waals surface area (Å²) in [5, 5.41) is 3.12. The normalized spacial score (nSPS) is 20.8. The maximum absolute atomic E-state index is 12.6. The maximum atomic E-state index is 12.6. The number of nitrogens with one attached hydrogen (secondary N) is 1. The topological polar surface area (TPSA) is 80.2 Å². The molecule has 148 valence electrons. The minimum absolute atomic E-state index is 0.0175. The van der Waals surface area contributed by atoms with Gasteiger partial charge in [-0.25, -0.2) is 9.97 Å². The van der Waals surface area contributed by atoms with Gasteiger partial charge in [-0.05, 0) is 57.2 Å². The van der Waals surface area contributed by atoms with Crippen LogP contribution in [0.1, 0.15) is 36.6 Å². The van der Waals surface area contributed by atoms with Gasteiger partial charge in [-0.1, -0.05) is 0 Å². The van der Waals surface area contributed by atoms with E-state index >= 15 is 0 Å². The standard InChI is InChI=1S/C21H27N5O2/c1-14-7-9-22-17(11-14)19-23-16-6-4-5-15(16)20(24-19)26(3)12-18(27)25-21(2)8-10-28-13-21/h7,9,11H,4-6,8,10,12-13H2,1-3H3,(H,25,27). The number of pyridine rings is 1. The van der Waals surface area contributed by atoms with Crippen molar-refractivity contribution in [1.82, 2.24) is 20.3 Å². The van der Waals surface area contributed by atoms with Gasteiger partial charge in [-0.3, -0.25) is 9.78 Å². The van der Waals surface area contributed by atoms with Gasteiger partial charge in [0.25, 0.3) is 0 Å². The van der Waals surface area contributed by atoms with Crippen LogP contribution in [0.15, 0.2) is 18.3 Å². The second-order valence-electron chi connectivity index (χ2n) is 8.14. The highest BCUT2D eigenvalue weighted by Gasteiger charge is 2.32. The molecule has 1 aliphatic carbocycles. The second kappa shape index (κ2) is 7.47. The van der Waals surface area contributed by atoms with E-state index in [2.05, 4.69) is 10.3 Å². The summed E-state index contributed by atoms with van der Waals surface area (Å²) in [6.07, 6.45) is 5.58. The molecular weight excluding hydrogens is 354 g/mol. The van der Waals surface area contributed by atoms with Crippen molar-refractivity contribution in [2.75, 3.05) is 31.7 Å². The van der Waals surface area contributed by atoms with E-state index in [9.17, 15) is 4.79 Å². The predicted octanol–water partition coefficient (Wildman–Crippen LogP) is 2.07. The quantitative estimate of drug-likeness (QED) is 0.854. The number of nitrogens with zero attached hydrogens (tertiary/aromatic N) is 4. The fourth-order valence-corrected chi connectivity index (χ4v) is 3.93. The Morgan fingerprint density at radius 2 is 2.21 bits per heavy atom. The number of aryl methyl sites for hydroxylation is 2. The molecule has 1 amide bonds. The van der Waals surface area contributed by atoms with Crippen LogP contribution in [0.5, 0.6) is 0 Å². The van der Waals surface area contributed by atoms with Crippen LogP contribution in [-0.4, -0.2) is 53.2 Å². The molecule has 1 unspecified atom stereocenters. The summed E-state index contributed by atoms with van der Waals surface area (Å²) in [6.45, 7) is 5.57. The summed E-state index contributed by atoms with van der Waals surface area (Å²) >= 11 is 0. The highest BCUT2D eigenvalue weighted by molar-refractivity contribution is 5.82. The minimum atomic E-state index is -0.276. The molecule has 4 rings (SSSR count). The molecule has 1 saturated heterocycles. The van der Waals surface area contributed by atoms with E-state index in [0.29, 0.717) is 19.0 Å². The average Bonchev–Trinajstić information content (AvgIpc) is 3.29. The van der Waals surface area contributed by atoms with Crippen molar-refractivity contribution in [2.24, 2.45) is 0 Å². The fraction of sp³-hybridized carbons (Fsp3) is 0.524. The van der Waals surface area contributed by atoms with Crippen molar-refractivity contribution in [2.45, 2.75) is 45.1 Å². The van der Waals surface area contributed by atoms with Gasteiger partial charge in [0.1, 0.15) is 11.5 Å². The van der Waals surface area contributed by atoms with Crippen LogP contribution in [0.3, 0.4) is 0 Å². The highest BCUT2D eigenvalue weighted by atomic mass is 16.5. The van der Waals surface area contributed by atoms with E-state index in [1.54, 1.807) is 6.20 Å². The number of anilines is 1. The monoisotopic (exact) mass is 381 g/mol. The molecule has 0 bridgehead atoms. The number of likely N-dealkylation sites (N-methyl/N-ethyl adjacent to an activating group) is 1. The van der Waals surface area contributed by atoms with Gasteiger partial charge in [0.2, 0.25) is 5.91 Å². The number of hydrogen-bond acceptors (Lipinski definition) is 6.